The van der Waals surface area contributed by atoms with Crippen LogP contribution in [0, 0.1) is 6.92 Å². The van der Waals surface area contributed by atoms with E-state index < -0.39 is 0 Å². The summed E-state index contributed by atoms with van der Waals surface area (Å²) in [6, 6.07) is 6.12. The molecule has 0 aliphatic carbocycles. The van der Waals surface area contributed by atoms with Gasteiger partial charge in [-0.05, 0) is 31.5 Å². The molecule has 3 rings (SSSR count). The maximum Gasteiger partial charge on any atom is 0.323 e. The quantitative estimate of drug-likeness (QED) is 0.582. The van der Waals surface area contributed by atoms with Crippen LogP contribution in [0.4, 0.5) is 0 Å². The van der Waals surface area contributed by atoms with E-state index in [4.69, 9.17) is 0 Å². The standard InChI is InChI=1S/C14H17N5O/c1-8(15-6-11-7-16-19-9(11)2)10-3-4-12-13(5-10)18-14(20)17-12/h3-5,7-8,15H,6H2,1-2H3,(H,16,19)(H2,17,18,20). The zero-order chi connectivity index (χ0) is 14.1. The Kier molecular flexibility index (Phi) is 3.15. The Morgan fingerprint density at radius 2 is 2.10 bits per heavy atom. The fourth-order valence-electron chi connectivity index (χ4n) is 2.25. The van der Waals surface area contributed by atoms with E-state index in [1.807, 2.05) is 31.3 Å². The molecule has 1 aromatic carbocycles. The second-order valence-corrected chi connectivity index (χ2v) is 5.01. The van der Waals surface area contributed by atoms with Gasteiger partial charge in [0, 0.05) is 23.8 Å². The molecule has 4 N–H and O–H groups in total. The highest BCUT2D eigenvalue weighted by Gasteiger charge is 2.08. The van der Waals surface area contributed by atoms with Crippen LogP contribution in [0.25, 0.3) is 11.0 Å². The van der Waals surface area contributed by atoms with Gasteiger partial charge in [-0.15, -0.1) is 0 Å². The molecule has 0 spiro atoms. The van der Waals surface area contributed by atoms with Gasteiger partial charge in [-0.3, -0.25) is 5.10 Å². The predicted molar refractivity (Wildman–Crippen MR) is 77.5 cm³/mol. The molecule has 0 bridgehead atoms. The molecular weight excluding hydrogens is 254 g/mol. The first-order chi connectivity index (χ1) is 9.63. The summed E-state index contributed by atoms with van der Waals surface area (Å²) in [4.78, 5) is 16.8. The molecule has 0 saturated carbocycles. The minimum atomic E-state index is -0.174. The number of imidazole rings is 1. The first-order valence-electron chi connectivity index (χ1n) is 6.57. The Balaban J connectivity index is 1.76. The SMILES string of the molecule is Cc1[nH]ncc1CNC(C)c1ccc2[nH]c(=O)[nH]c2c1. The van der Waals surface area contributed by atoms with Crippen LogP contribution >= 0.6 is 0 Å². The van der Waals surface area contributed by atoms with E-state index in [-0.39, 0.29) is 11.7 Å². The van der Waals surface area contributed by atoms with Crippen molar-refractivity contribution in [2.45, 2.75) is 26.4 Å². The minimum absolute atomic E-state index is 0.174. The van der Waals surface area contributed by atoms with Crippen molar-refractivity contribution in [2.75, 3.05) is 0 Å². The average molecular weight is 271 g/mol. The minimum Gasteiger partial charge on any atom is -0.306 e. The van der Waals surface area contributed by atoms with Gasteiger partial charge in [-0.1, -0.05) is 6.07 Å². The summed E-state index contributed by atoms with van der Waals surface area (Å²) in [5.74, 6) is 0. The van der Waals surface area contributed by atoms with Crippen molar-refractivity contribution in [1.29, 1.82) is 0 Å². The summed E-state index contributed by atoms with van der Waals surface area (Å²) in [5, 5.41) is 10.4. The molecule has 20 heavy (non-hydrogen) atoms. The molecule has 3 aromatic rings. The number of nitrogens with zero attached hydrogens (tertiary/aromatic N) is 1. The van der Waals surface area contributed by atoms with E-state index in [0.29, 0.717) is 0 Å². The van der Waals surface area contributed by atoms with Crippen LogP contribution in [0.2, 0.25) is 0 Å². The number of rotatable bonds is 4. The van der Waals surface area contributed by atoms with E-state index in [2.05, 4.69) is 32.4 Å². The smallest absolute Gasteiger partial charge is 0.306 e. The van der Waals surface area contributed by atoms with Crippen LogP contribution < -0.4 is 11.0 Å². The van der Waals surface area contributed by atoms with E-state index in [0.717, 1.165) is 34.4 Å². The molecule has 6 heteroatoms. The lowest BCUT2D eigenvalue weighted by Gasteiger charge is -2.14. The summed E-state index contributed by atoms with van der Waals surface area (Å²) >= 11 is 0. The van der Waals surface area contributed by atoms with Gasteiger partial charge in [0.25, 0.3) is 0 Å². The van der Waals surface area contributed by atoms with Gasteiger partial charge in [-0.25, -0.2) is 4.79 Å². The first kappa shape index (κ1) is 12.7. The highest BCUT2D eigenvalue weighted by Crippen LogP contribution is 2.17. The van der Waals surface area contributed by atoms with Crippen molar-refractivity contribution < 1.29 is 0 Å². The Morgan fingerprint density at radius 3 is 2.85 bits per heavy atom. The van der Waals surface area contributed by atoms with Gasteiger partial charge in [0.15, 0.2) is 0 Å². The maximum absolute atomic E-state index is 11.3. The summed E-state index contributed by atoms with van der Waals surface area (Å²) in [5.41, 5.74) is 4.86. The number of nitrogens with one attached hydrogen (secondary N) is 4. The number of hydrogen-bond acceptors (Lipinski definition) is 3. The van der Waals surface area contributed by atoms with Gasteiger partial charge in [0.2, 0.25) is 0 Å². The molecule has 0 saturated heterocycles. The molecule has 0 aliphatic heterocycles. The molecule has 104 valence electrons. The molecule has 0 radical (unpaired) electrons. The fourth-order valence-corrected chi connectivity index (χ4v) is 2.25. The third-order valence-corrected chi connectivity index (χ3v) is 3.57. The molecule has 1 atom stereocenters. The summed E-state index contributed by atoms with van der Waals surface area (Å²) in [6.07, 6.45) is 1.84. The van der Waals surface area contributed by atoms with Crippen LogP contribution in [0.3, 0.4) is 0 Å². The Bertz CT molecular complexity index is 782. The van der Waals surface area contributed by atoms with E-state index in [9.17, 15) is 4.79 Å². The van der Waals surface area contributed by atoms with Crippen molar-refractivity contribution in [2.24, 2.45) is 0 Å². The Morgan fingerprint density at radius 1 is 1.30 bits per heavy atom. The second-order valence-electron chi connectivity index (χ2n) is 5.01. The summed E-state index contributed by atoms with van der Waals surface area (Å²) in [6.45, 7) is 4.86. The van der Waals surface area contributed by atoms with Crippen LogP contribution in [-0.2, 0) is 6.54 Å². The van der Waals surface area contributed by atoms with Crippen LogP contribution in [0.5, 0.6) is 0 Å². The lowest BCUT2D eigenvalue weighted by atomic mass is 10.1. The molecule has 2 aromatic heterocycles. The molecule has 0 aliphatic rings. The van der Waals surface area contributed by atoms with Gasteiger partial charge in [0.1, 0.15) is 0 Å². The molecule has 0 amide bonds. The van der Waals surface area contributed by atoms with Crippen molar-refractivity contribution in [3.05, 3.63) is 51.7 Å². The molecule has 0 fully saturated rings. The van der Waals surface area contributed by atoms with Crippen molar-refractivity contribution >= 4 is 11.0 Å². The number of benzene rings is 1. The molecular formula is C14H17N5O. The van der Waals surface area contributed by atoms with Crippen LogP contribution in [0.1, 0.15) is 29.8 Å². The van der Waals surface area contributed by atoms with Gasteiger partial charge >= 0.3 is 5.69 Å². The number of aromatic nitrogens is 4. The highest BCUT2D eigenvalue weighted by molar-refractivity contribution is 5.75. The maximum atomic E-state index is 11.3. The molecule has 1 unspecified atom stereocenters. The second kappa shape index (κ2) is 4.97. The van der Waals surface area contributed by atoms with E-state index in [1.165, 1.54) is 0 Å². The molecule has 6 nitrogen and oxygen atoms in total. The van der Waals surface area contributed by atoms with E-state index >= 15 is 0 Å². The third kappa shape index (κ3) is 2.37. The van der Waals surface area contributed by atoms with E-state index in [1.54, 1.807) is 0 Å². The monoisotopic (exact) mass is 271 g/mol. The summed E-state index contributed by atoms with van der Waals surface area (Å²) in [7, 11) is 0. The molecule has 2 heterocycles. The Labute approximate surface area is 115 Å². The normalized spacial score (nSPS) is 12.9. The number of fused-ring (bicyclic) bond motifs is 1. The zero-order valence-corrected chi connectivity index (χ0v) is 11.4. The number of hydrogen-bond donors (Lipinski definition) is 4. The van der Waals surface area contributed by atoms with Gasteiger partial charge in [-0.2, -0.15) is 5.10 Å². The number of aromatic amines is 3. The van der Waals surface area contributed by atoms with Gasteiger partial charge < -0.3 is 15.3 Å². The largest absolute Gasteiger partial charge is 0.323 e. The topological polar surface area (TPSA) is 89.4 Å². The van der Waals surface area contributed by atoms with Crippen molar-refractivity contribution in [3.8, 4) is 0 Å². The average Bonchev–Trinajstić information content (AvgIpc) is 2.99. The third-order valence-electron chi connectivity index (χ3n) is 3.57. The van der Waals surface area contributed by atoms with Crippen molar-refractivity contribution in [3.63, 3.8) is 0 Å². The van der Waals surface area contributed by atoms with Crippen molar-refractivity contribution in [1.82, 2.24) is 25.5 Å². The lowest BCUT2D eigenvalue weighted by molar-refractivity contribution is 0.574. The predicted octanol–water partition coefficient (Wildman–Crippen LogP) is 1.74. The summed E-state index contributed by atoms with van der Waals surface area (Å²) < 4.78 is 0. The zero-order valence-electron chi connectivity index (χ0n) is 11.4. The first-order valence-corrected chi connectivity index (χ1v) is 6.57. The van der Waals surface area contributed by atoms with Crippen LogP contribution in [-0.4, -0.2) is 20.2 Å². The highest BCUT2D eigenvalue weighted by atomic mass is 16.1. The van der Waals surface area contributed by atoms with Crippen LogP contribution in [0.15, 0.2) is 29.2 Å². The Hall–Kier alpha value is -2.34. The number of aryl methyl sites for hydroxylation is 1. The van der Waals surface area contributed by atoms with Gasteiger partial charge in [0.05, 0.1) is 17.2 Å². The number of H-pyrrole nitrogens is 3. The lowest BCUT2D eigenvalue weighted by Crippen LogP contribution is -2.18. The fraction of sp³-hybridized carbons (Fsp3) is 0.286.